The minimum atomic E-state index is -0.816. The van der Waals surface area contributed by atoms with Gasteiger partial charge in [-0.3, -0.25) is 4.79 Å². The van der Waals surface area contributed by atoms with E-state index in [1.165, 1.54) is 55.6 Å². The van der Waals surface area contributed by atoms with Crippen molar-refractivity contribution in [1.82, 2.24) is 0 Å². The van der Waals surface area contributed by atoms with Crippen LogP contribution >= 0.6 is 0 Å². The van der Waals surface area contributed by atoms with Crippen LogP contribution in [0.5, 0.6) is 34.5 Å². The molecular weight excluding hydrogens is 444 g/mol. The van der Waals surface area contributed by atoms with Gasteiger partial charge in [0.25, 0.3) is 0 Å². The molecule has 0 amide bonds. The van der Waals surface area contributed by atoms with Crippen molar-refractivity contribution in [3.63, 3.8) is 0 Å². The van der Waals surface area contributed by atoms with Crippen LogP contribution in [0.3, 0.4) is 0 Å². The average Bonchev–Trinajstić information content (AvgIpc) is 2.85. The van der Waals surface area contributed by atoms with E-state index < -0.39 is 17.5 Å². The molecule has 9 nitrogen and oxygen atoms in total. The van der Waals surface area contributed by atoms with E-state index in [1.807, 2.05) is 0 Å². The minimum absolute atomic E-state index is 0.127. The zero-order valence-corrected chi connectivity index (χ0v) is 20.0. The van der Waals surface area contributed by atoms with Crippen molar-refractivity contribution >= 4 is 22.5 Å². The monoisotopic (exact) mass is 470 g/mol. The molecule has 0 heterocycles. The number of fused-ring (bicyclic) bond motifs is 1. The lowest BCUT2D eigenvalue weighted by Gasteiger charge is -2.22. The van der Waals surface area contributed by atoms with Gasteiger partial charge in [-0.15, -0.1) is 0 Å². The summed E-state index contributed by atoms with van der Waals surface area (Å²) in [5, 5.41) is 11.7. The lowest BCUT2D eigenvalue weighted by molar-refractivity contribution is 0.0597. The number of ether oxygens (including phenoxy) is 6. The molecule has 34 heavy (non-hydrogen) atoms. The van der Waals surface area contributed by atoms with Crippen molar-refractivity contribution < 1.29 is 43.1 Å². The molecule has 0 radical (unpaired) electrons. The predicted molar refractivity (Wildman–Crippen MR) is 125 cm³/mol. The van der Waals surface area contributed by atoms with Crippen molar-refractivity contribution in [2.45, 2.75) is 6.92 Å². The zero-order chi connectivity index (χ0) is 25.2. The highest BCUT2D eigenvalue weighted by Gasteiger charge is 2.32. The number of hydrogen-bond donors (Lipinski definition) is 1. The van der Waals surface area contributed by atoms with Gasteiger partial charge in [0.05, 0.1) is 53.8 Å². The number of esters is 1. The van der Waals surface area contributed by atoms with Gasteiger partial charge in [0.15, 0.2) is 28.8 Å². The van der Waals surface area contributed by atoms with Crippen LogP contribution in [0.4, 0.5) is 0 Å². The van der Waals surface area contributed by atoms with Crippen LogP contribution in [0.1, 0.15) is 27.6 Å². The van der Waals surface area contributed by atoms with Gasteiger partial charge in [0, 0.05) is 16.3 Å². The third kappa shape index (κ3) is 3.79. The van der Waals surface area contributed by atoms with Crippen molar-refractivity contribution in [1.29, 1.82) is 0 Å². The van der Waals surface area contributed by atoms with E-state index in [-0.39, 0.29) is 39.3 Å². The first kappa shape index (κ1) is 24.5. The first-order chi connectivity index (χ1) is 16.3. The van der Waals surface area contributed by atoms with Crippen LogP contribution in [0.25, 0.3) is 21.9 Å². The molecule has 0 saturated heterocycles. The van der Waals surface area contributed by atoms with Crippen molar-refractivity contribution in [2.24, 2.45) is 0 Å². The summed E-state index contributed by atoms with van der Waals surface area (Å²) < 4.78 is 32.4. The lowest BCUT2D eigenvalue weighted by atomic mass is 9.86. The van der Waals surface area contributed by atoms with E-state index in [4.69, 9.17) is 28.4 Å². The van der Waals surface area contributed by atoms with Gasteiger partial charge in [0.2, 0.25) is 5.75 Å². The van der Waals surface area contributed by atoms with Crippen molar-refractivity contribution in [3.8, 4) is 45.6 Å². The molecule has 9 heteroatoms. The Hall–Kier alpha value is -4.14. The maximum atomic E-state index is 13.0. The van der Waals surface area contributed by atoms with Gasteiger partial charge in [-0.05, 0) is 30.7 Å². The van der Waals surface area contributed by atoms with Crippen LogP contribution in [-0.2, 0) is 4.74 Å². The Labute approximate surface area is 196 Å². The molecule has 3 rings (SSSR count). The SMILES string of the molecule is COC(=O)c1c(C(C)=O)c(O)c2cc(OC)c(OC)c(OC)c2c1-c1ccc(OC)c(OC)c1. The van der Waals surface area contributed by atoms with E-state index in [9.17, 15) is 14.7 Å². The fourth-order valence-electron chi connectivity index (χ4n) is 4.02. The summed E-state index contributed by atoms with van der Waals surface area (Å²) in [6.45, 7) is 1.25. The van der Waals surface area contributed by atoms with Gasteiger partial charge in [-0.25, -0.2) is 4.79 Å². The number of methoxy groups -OCH3 is 6. The number of hydrogen-bond acceptors (Lipinski definition) is 9. The Morgan fingerprint density at radius 2 is 1.35 bits per heavy atom. The first-order valence-corrected chi connectivity index (χ1v) is 10.1. The number of benzene rings is 3. The summed E-state index contributed by atoms with van der Waals surface area (Å²) in [5.41, 5.74) is 0.441. The molecule has 0 aliphatic heterocycles. The molecule has 180 valence electrons. The standard InChI is InChI=1S/C25H26O9/c1-12(26)18-21(25(28)34-7)19(13-8-9-15(29-2)16(10-13)30-3)20-14(22(18)27)11-17(31-4)23(32-5)24(20)33-6/h8-11,27H,1-7H3. The van der Waals surface area contributed by atoms with Crippen molar-refractivity contribution in [3.05, 3.63) is 35.4 Å². The Morgan fingerprint density at radius 1 is 0.735 bits per heavy atom. The van der Waals surface area contributed by atoms with E-state index in [0.717, 1.165) is 0 Å². The van der Waals surface area contributed by atoms with Crippen LogP contribution in [0.15, 0.2) is 24.3 Å². The molecule has 3 aromatic carbocycles. The summed E-state index contributed by atoms with van der Waals surface area (Å²) in [4.78, 5) is 25.7. The van der Waals surface area contributed by atoms with E-state index in [0.29, 0.717) is 22.4 Å². The number of rotatable bonds is 8. The third-order valence-corrected chi connectivity index (χ3v) is 5.49. The summed E-state index contributed by atoms with van der Waals surface area (Å²) >= 11 is 0. The number of ketones is 1. The number of carbonyl (C=O) groups excluding carboxylic acids is 2. The largest absolute Gasteiger partial charge is 0.507 e. The van der Waals surface area contributed by atoms with Crippen LogP contribution in [-0.4, -0.2) is 59.5 Å². The van der Waals surface area contributed by atoms with Gasteiger partial charge in [-0.2, -0.15) is 0 Å². The fraction of sp³-hybridized carbons (Fsp3) is 0.280. The molecular formula is C25H26O9. The van der Waals surface area contributed by atoms with Gasteiger partial charge in [-0.1, -0.05) is 6.07 Å². The maximum absolute atomic E-state index is 13.0. The third-order valence-electron chi connectivity index (χ3n) is 5.49. The van der Waals surface area contributed by atoms with Crippen LogP contribution < -0.4 is 23.7 Å². The Balaban J connectivity index is 2.71. The molecule has 0 fully saturated rings. The van der Waals surface area contributed by atoms with Gasteiger partial charge >= 0.3 is 5.97 Å². The highest BCUT2D eigenvalue weighted by Crippen LogP contribution is 2.52. The second kappa shape index (κ2) is 9.78. The second-order valence-corrected chi connectivity index (χ2v) is 7.16. The summed E-state index contributed by atoms with van der Waals surface area (Å²) in [6.07, 6.45) is 0. The first-order valence-electron chi connectivity index (χ1n) is 10.1. The highest BCUT2D eigenvalue weighted by atomic mass is 16.5. The normalized spacial score (nSPS) is 10.6. The lowest BCUT2D eigenvalue weighted by Crippen LogP contribution is -2.12. The molecule has 0 saturated carbocycles. The van der Waals surface area contributed by atoms with Gasteiger partial charge in [0.1, 0.15) is 5.75 Å². The number of Topliss-reactive ketones (excluding diaryl/α,β-unsaturated/α-hetero) is 1. The molecule has 0 atom stereocenters. The Morgan fingerprint density at radius 3 is 1.85 bits per heavy atom. The van der Waals surface area contributed by atoms with E-state index >= 15 is 0 Å². The van der Waals surface area contributed by atoms with Crippen LogP contribution in [0.2, 0.25) is 0 Å². The second-order valence-electron chi connectivity index (χ2n) is 7.16. The minimum Gasteiger partial charge on any atom is -0.507 e. The Kier molecular flexibility index (Phi) is 7.05. The molecule has 0 spiro atoms. The predicted octanol–water partition coefficient (Wildman–Crippen LogP) is 4.24. The maximum Gasteiger partial charge on any atom is 0.339 e. The zero-order valence-electron chi connectivity index (χ0n) is 20.0. The number of phenolic OH excluding ortho intramolecular Hbond substituents is 1. The fourth-order valence-corrected chi connectivity index (χ4v) is 4.02. The molecule has 1 N–H and O–H groups in total. The quantitative estimate of drug-likeness (QED) is 0.382. The summed E-state index contributed by atoms with van der Waals surface area (Å²) in [6, 6.07) is 6.52. The summed E-state index contributed by atoms with van der Waals surface area (Å²) in [5.74, 6) is -0.207. The van der Waals surface area contributed by atoms with Gasteiger partial charge < -0.3 is 33.5 Å². The number of aromatic hydroxyl groups is 1. The highest BCUT2D eigenvalue weighted by molar-refractivity contribution is 6.21. The Bertz CT molecular complexity index is 1280. The van der Waals surface area contributed by atoms with Crippen molar-refractivity contribution in [2.75, 3.05) is 42.7 Å². The van der Waals surface area contributed by atoms with E-state index in [1.54, 1.807) is 18.2 Å². The molecule has 0 bridgehead atoms. The smallest absolute Gasteiger partial charge is 0.339 e. The molecule has 0 unspecified atom stereocenters. The van der Waals surface area contributed by atoms with Crippen LogP contribution in [0, 0.1) is 0 Å². The van der Waals surface area contributed by atoms with E-state index in [2.05, 4.69) is 0 Å². The summed E-state index contributed by atoms with van der Waals surface area (Å²) in [7, 11) is 8.46. The molecule has 0 aliphatic rings. The number of phenols is 1. The molecule has 0 aliphatic carbocycles. The molecule has 0 aromatic heterocycles. The topological polar surface area (TPSA) is 110 Å². The average molecular weight is 470 g/mol. The number of carbonyl (C=O) groups is 2. The molecule has 3 aromatic rings.